The molecule has 1 aromatic carbocycles. The highest BCUT2D eigenvalue weighted by Crippen LogP contribution is 2.48. The molecule has 3 atom stereocenters. The molecule has 2 heterocycles. The highest BCUT2D eigenvalue weighted by Gasteiger charge is 2.55. The summed E-state index contributed by atoms with van der Waals surface area (Å²) in [7, 11) is 0. The Labute approximate surface area is 160 Å². The van der Waals surface area contributed by atoms with Gasteiger partial charge in [0.1, 0.15) is 0 Å². The predicted octanol–water partition coefficient (Wildman–Crippen LogP) is 2.55. The molecule has 2 N–H and O–H groups in total. The number of carboxylic acids is 1. The van der Waals surface area contributed by atoms with Crippen molar-refractivity contribution in [1.82, 2.24) is 15.1 Å². The smallest absolute Gasteiger partial charge is 0.317 e. The van der Waals surface area contributed by atoms with Gasteiger partial charge in [0.25, 0.3) is 0 Å². The lowest BCUT2D eigenvalue weighted by molar-refractivity contribution is -0.149. The van der Waals surface area contributed by atoms with E-state index in [0.717, 1.165) is 45.3 Å². The van der Waals surface area contributed by atoms with E-state index in [1.54, 1.807) is 4.90 Å². The van der Waals surface area contributed by atoms with Crippen molar-refractivity contribution in [2.45, 2.75) is 44.7 Å². The number of carbonyl (C=O) groups excluding carboxylic acids is 1. The Morgan fingerprint density at radius 3 is 2.70 bits per heavy atom. The molecule has 3 aliphatic rings. The van der Waals surface area contributed by atoms with E-state index in [0.29, 0.717) is 19.5 Å². The van der Waals surface area contributed by atoms with Crippen molar-refractivity contribution in [3.8, 4) is 0 Å². The summed E-state index contributed by atoms with van der Waals surface area (Å²) in [5.74, 6) is -0.617. The summed E-state index contributed by atoms with van der Waals surface area (Å²) in [4.78, 5) is 28.7. The minimum absolute atomic E-state index is 0.0865. The number of urea groups is 1. The van der Waals surface area contributed by atoms with Gasteiger partial charge in [0, 0.05) is 32.2 Å². The maximum Gasteiger partial charge on any atom is 0.317 e. The summed E-state index contributed by atoms with van der Waals surface area (Å²) in [6.07, 6.45) is 4.64. The minimum Gasteiger partial charge on any atom is -0.481 e. The predicted molar refractivity (Wildman–Crippen MR) is 102 cm³/mol. The highest BCUT2D eigenvalue weighted by atomic mass is 16.4. The standard InChI is InChI=1S/C21H29N3O3/c25-19(26)21-10-4-8-17(21)13-24(15-21)20(27)22-18-9-5-11-23(14-18)12-16-6-2-1-3-7-16/h1-3,6-7,17-18H,4-5,8-15H2,(H,22,27)(H,25,26)/t17-,18?,21+/m0/s1. The van der Waals surface area contributed by atoms with Gasteiger partial charge in [-0.1, -0.05) is 36.8 Å². The van der Waals surface area contributed by atoms with E-state index >= 15 is 0 Å². The van der Waals surface area contributed by atoms with Crippen molar-refractivity contribution in [3.05, 3.63) is 35.9 Å². The second-order valence-electron chi connectivity index (χ2n) is 8.44. The quantitative estimate of drug-likeness (QED) is 0.853. The number of amides is 2. The first-order chi connectivity index (χ1) is 13.1. The lowest BCUT2D eigenvalue weighted by Gasteiger charge is -2.34. The molecule has 1 aliphatic carbocycles. The molecular weight excluding hydrogens is 342 g/mol. The maximum absolute atomic E-state index is 12.8. The summed E-state index contributed by atoms with van der Waals surface area (Å²) >= 11 is 0. The van der Waals surface area contributed by atoms with Crippen LogP contribution in [0.4, 0.5) is 4.79 Å². The van der Waals surface area contributed by atoms with Gasteiger partial charge in [0.15, 0.2) is 0 Å². The first-order valence-corrected chi connectivity index (χ1v) is 10.1. The molecule has 1 aromatic rings. The first kappa shape index (κ1) is 18.3. The number of hydrogen-bond acceptors (Lipinski definition) is 3. The van der Waals surface area contributed by atoms with Crippen LogP contribution >= 0.6 is 0 Å². The van der Waals surface area contributed by atoms with E-state index < -0.39 is 11.4 Å². The van der Waals surface area contributed by atoms with Gasteiger partial charge in [0.2, 0.25) is 0 Å². The molecule has 6 nitrogen and oxygen atoms in total. The zero-order chi connectivity index (χ0) is 18.9. The van der Waals surface area contributed by atoms with Crippen molar-refractivity contribution >= 4 is 12.0 Å². The molecule has 0 radical (unpaired) electrons. The monoisotopic (exact) mass is 371 g/mol. The van der Waals surface area contributed by atoms with Crippen LogP contribution in [0.2, 0.25) is 0 Å². The van der Waals surface area contributed by atoms with Crippen LogP contribution in [0.3, 0.4) is 0 Å². The van der Waals surface area contributed by atoms with Crippen molar-refractivity contribution in [1.29, 1.82) is 0 Å². The Hall–Kier alpha value is -2.08. The van der Waals surface area contributed by atoms with Crippen LogP contribution in [0, 0.1) is 11.3 Å². The van der Waals surface area contributed by atoms with Gasteiger partial charge in [-0.25, -0.2) is 4.79 Å². The average molecular weight is 371 g/mol. The van der Waals surface area contributed by atoms with E-state index in [-0.39, 0.29) is 18.0 Å². The van der Waals surface area contributed by atoms with Gasteiger partial charge in [-0.2, -0.15) is 0 Å². The van der Waals surface area contributed by atoms with Crippen LogP contribution in [0.25, 0.3) is 0 Å². The molecule has 4 rings (SSSR count). The Bertz CT molecular complexity index is 695. The molecular formula is C21H29N3O3. The van der Waals surface area contributed by atoms with Crippen molar-refractivity contribution in [2.75, 3.05) is 26.2 Å². The number of rotatable bonds is 4. The number of nitrogens with one attached hydrogen (secondary N) is 1. The zero-order valence-electron chi connectivity index (χ0n) is 15.8. The number of nitrogens with zero attached hydrogens (tertiary/aromatic N) is 2. The van der Waals surface area contributed by atoms with Crippen molar-refractivity contribution in [3.63, 3.8) is 0 Å². The van der Waals surface area contributed by atoms with E-state index in [9.17, 15) is 14.7 Å². The average Bonchev–Trinajstić information content (AvgIpc) is 3.21. The van der Waals surface area contributed by atoms with Crippen LogP contribution in [0.1, 0.15) is 37.7 Å². The highest BCUT2D eigenvalue weighted by molar-refractivity contribution is 5.80. The number of carbonyl (C=O) groups is 2. The lowest BCUT2D eigenvalue weighted by atomic mass is 9.81. The third-order valence-corrected chi connectivity index (χ3v) is 6.67. The van der Waals surface area contributed by atoms with Crippen molar-refractivity contribution in [2.24, 2.45) is 11.3 Å². The Morgan fingerprint density at radius 2 is 1.96 bits per heavy atom. The fourth-order valence-corrected chi connectivity index (χ4v) is 5.22. The molecule has 0 aromatic heterocycles. The van der Waals surface area contributed by atoms with Gasteiger partial charge >= 0.3 is 12.0 Å². The zero-order valence-corrected chi connectivity index (χ0v) is 15.8. The Balaban J connectivity index is 1.32. The maximum atomic E-state index is 12.8. The number of hydrogen-bond donors (Lipinski definition) is 2. The molecule has 6 heteroatoms. The molecule has 146 valence electrons. The number of piperidine rings is 1. The van der Waals surface area contributed by atoms with Gasteiger partial charge in [-0.05, 0) is 43.7 Å². The number of benzene rings is 1. The summed E-state index contributed by atoms with van der Waals surface area (Å²) in [6.45, 7) is 3.75. The van der Waals surface area contributed by atoms with Crippen LogP contribution in [-0.4, -0.2) is 59.1 Å². The molecule has 1 unspecified atom stereocenters. The van der Waals surface area contributed by atoms with E-state index in [2.05, 4.69) is 34.5 Å². The molecule has 1 saturated carbocycles. The van der Waals surface area contributed by atoms with Crippen LogP contribution in [-0.2, 0) is 11.3 Å². The Morgan fingerprint density at radius 1 is 1.15 bits per heavy atom. The van der Waals surface area contributed by atoms with E-state index in [1.165, 1.54) is 5.56 Å². The molecule has 0 spiro atoms. The van der Waals surface area contributed by atoms with Crippen LogP contribution < -0.4 is 5.32 Å². The van der Waals surface area contributed by atoms with Gasteiger partial charge < -0.3 is 15.3 Å². The first-order valence-electron chi connectivity index (χ1n) is 10.1. The van der Waals surface area contributed by atoms with Crippen LogP contribution in [0.5, 0.6) is 0 Å². The van der Waals surface area contributed by atoms with Gasteiger partial charge in [-0.3, -0.25) is 9.69 Å². The lowest BCUT2D eigenvalue weighted by Crippen LogP contribution is -2.51. The third-order valence-electron chi connectivity index (χ3n) is 6.67. The van der Waals surface area contributed by atoms with Crippen molar-refractivity contribution < 1.29 is 14.7 Å². The van der Waals surface area contributed by atoms with Gasteiger partial charge in [0.05, 0.1) is 5.41 Å². The van der Waals surface area contributed by atoms with Gasteiger partial charge in [-0.15, -0.1) is 0 Å². The molecule has 2 saturated heterocycles. The molecule has 2 amide bonds. The summed E-state index contributed by atoms with van der Waals surface area (Å²) in [6, 6.07) is 10.5. The topological polar surface area (TPSA) is 72.9 Å². The fourth-order valence-electron chi connectivity index (χ4n) is 5.22. The second kappa shape index (κ2) is 7.50. The largest absolute Gasteiger partial charge is 0.481 e. The second-order valence-corrected chi connectivity index (χ2v) is 8.44. The number of carboxylic acid groups (broad SMARTS) is 1. The SMILES string of the molecule is O=C(NC1CCCN(Cc2ccccc2)C1)N1C[C@@H]2CCC[C@@]2(C(=O)O)C1. The number of likely N-dealkylation sites (tertiary alicyclic amines) is 2. The molecule has 0 bridgehead atoms. The van der Waals surface area contributed by atoms with E-state index in [4.69, 9.17) is 0 Å². The normalized spacial score (nSPS) is 30.9. The molecule has 27 heavy (non-hydrogen) atoms. The summed E-state index contributed by atoms with van der Waals surface area (Å²) in [5, 5.41) is 12.9. The molecule has 2 aliphatic heterocycles. The fraction of sp³-hybridized carbons (Fsp3) is 0.619. The van der Waals surface area contributed by atoms with Crippen LogP contribution in [0.15, 0.2) is 30.3 Å². The minimum atomic E-state index is -0.730. The number of fused-ring (bicyclic) bond motifs is 1. The van der Waals surface area contributed by atoms with E-state index in [1.807, 2.05) is 6.07 Å². The molecule has 3 fully saturated rings. The summed E-state index contributed by atoms with van der Waals surface area (Å²) in [5.41, 5.74) is 0.587. The number of aliphatic carboxylic acids is 1. The summed E-state index contributed by atoms with van der Waals surface area (Å²) < 4.78 is 0. The third kappa shape index (κ3) is 3.68. The Kier molecular flexibility index (Phi) is 5.08.